The predicted molar refractivity (Wildman–Crippen MR) is 109 cm³/mol. The molecule has 6 heteroatoms. The number of hydrogen-bond donors (Lipinski definition) is 2. The Labute approximate surface area is 166 Å². The lowest BCUT2D eigenvalue weighted by Gasteiger charge is -2.22. The largest absolute Gasteiger partial charge is 0.497 e. The minimum Gasteiger partial charge on any atom is -0.497 e. The molecule has 2 rings (SSSR count). The molecular formula is C22H28N2O4. The average Bonchev–Trinajstić information content (AvgIpc) is 2.72. The number of methoxy groups -OCH3 is 2. The van der Waals surface area contributed by atoms with E-state index in [1.165, 1.54) is 0 Å². The summed E-state index contributed by atoms with van der Waals surface area (Å²) in [4.78, 5) is 25.1. The van der Waals surface area contributed by atoms with Crippen LogP contribution in [-0.2, 0) is 11.2 Å². The molecule has 0 aliphatic carbocycles. The quantitative estimate of drug-likeness (QED) is 0.697. The van der Waals surface area contributed by atoms with Crippen molar-refractivity contribution in [3.8, 4) is 11.5 Å². The van der Waals surface area contributed by atoms with Gasteiger partial charge < -0.3 is 20.1 Å². The van der Waals surface area contributed by atoms with E-state index >= 15 is 0 Å². The second-order valence-electron chi connectivity index (χ2n) is 6.81. The van der Waals surface area contributed by atoms with Crippen LogP contribution < -0.4 is 20.1 Å². The van der Waals surface area contributed by atoms with E-state index in [9.17, 15) is 9.59 Å². The SMILES string of the molecule is COc1ccc(CCNC(=O)C(NC(=O)c2ccc(OC)cc2)C(C)C)cc1. The van der Waals surface area contributed by atoms with Crippen molar-refractivity contribution in [3.05, 3.63) is 59.7 Å². The Morgan fingerprint density at radius 2 is 1.43 bits per heavy atom. The van der Waals surface area contributed by atoms with Crippen molar-refractivity contribution < 1.29 is 19.1 Å². The van der Waals surface area contributed by atoms with Gasteiger partial charge in [-0.15, -0.1) is 0 Å². The van der Waals surface area contributed by atoms with E-state index in [1.807, 2.05) is 38.1 Å². The number of ether oxygens (including phenoxy) is 2. The smallest absolute Gasteiger partial charge is 0.251 e. The fourth-order valence-corrected chi connectivity index (χ4v) is 2.73. The third-order valence-electron chi connectivity index (χ3n) is 4.46. The highest BCUT2D eigenvalue weighted by molar-refractivity contribution is 5.97. The Bertz CT molecular complexity index is 770. The molecule has 1 unspecified atom stereocenters. The van der Waals surface area contributed by atoms with Gasteiger partial charge >= 0.3 is 0 Å². The molecular weight excluding hydrogens is 356 g/mol. The summed E-state index contributed by atoms with van der Waals surface area (Å²) < 4.78 is 10.2. The minimum absolute atomic E-state index is 0.0387. The zero-order chi connectivity index (χ0) is 20.5. The summed E-state index contributed by atoms with van der Waals surface area (Å²) in [5.41, 5.74) is 1.59. The average molecular weight is 384 g/mol. The van der Waals surface area contributed by atoms with Crippen molar-refractivity contribution >= 4 is 11.8 Å². The van der Waals surface area contributed by atoms with Gasteiger partial charge in [0.1, 0.15) is 17.5 Å². The molecule has 0 heterocycles. The fraction of sp³-hybridized carbons (Fsp3) is 0.364. The Morgan fingerprint density at radius 3 is 1.93 bits per heavy atom. The molecule has 0 bridgehead atoms. The van der Waals surface area contributed by atoms with E-state index in [1.54, 1.807) is 38.5 Å². The molecule has 0 aromatic heterocycles. The van der Waals surface area contributed by atoms with Gasteiger partial charge in [0.2, 0.25) is 5.91 Å². The van der Waals surface area contributed by atoms with Crippen molar-refractivity contribution in [1.82, 2.24) is 10.6 Å². The summed E-state index contributed by atoms with van der Waals surface area (Å²) in [6.45, 7) is 4.30. The highest BCUT2D eigenvalue weighted by Gasteiger charge is 2.24. The fourth-order valence-electron chi connectivity index (χ4n) is 2.73. The van der Waals surface area contributed by atoms with E-state index in [-0.39, 0.29) is 17.7 Å². The first-order valence-electron chi connectivity index (χ1n) is 9.30. The van der Waals surface area contributed by atoms with Crippen LogP contribution >= 0.6 is 0 Å². The third-order valence-corrected chi connectivity index (χ3v) is 4.46. The van der Waals surface area contributed by atoms with Crippen LogP contribution in [-0.4, -0.2) is 38.6 Å². The molecule has 28 heavy (non-hydrogen) atoms. The van der Waals surface area contributed by atoms with Gasteiger partial charge in [-0.2, -0.15) is 0 Å². The van der Waals surface area contributed by atoms with Gasteiger partial charge in [0, 0.05) is 12.1 Å². The van der Waals surface area contributed by atoms with E-state index in [0.29, 0.717) is 24.3 Å². The van der Waals surface area contributed by atoms with Crippen LogP contribution in [0.3, 0.4) is 0 Å². The summed E-state index contributed by atoms with van der Waals surface area (Å²) >= 11 is 0. The summed E-state index contributed by atoms with van der Waals surface area (Å²) in [5, 5.41) is 5.74. The summed E-state index contributed by atoms with van der Waals surface area (Å²) in [6.07, 6.45) is 0.701. The maximum absolute atomic E-state index is 12.6. The molecule has 0 fully saturated rings. The molecule has 2 aromatic carbocycles. The Morgan fingerprint density at radius 1 is 0.893 bits per heavy atom. The number of benzene rings is 2. The van der Waals surface area contributed by atoms with E-state index in [4.69, 9.17) is 9.47 Å². The number of nitrogens with one attached hydrogen (secondary N) is 2. The van der Waals surface area contributed by atoms with Crippen molar-refractivity contribution in [3.63, 3.8) is 0 Å². The summed E-state index contributed by atoms with van der Waals surface area (Å²) in [7, 11) is 3.20. The molecule has 1 atom stereocenters. The maximum Gasteiger partial charge on any atom is 0.251 e. The summed E-state index contributed by atoms with van der Waals surface area (Å²) in [5.74, 6) is 0.961. The van der Waals surface area contributed by atoms with Crippen LogP contribution in [0, 0.1) is 5.92 Å². The first-order valence-corrected chi connectivity index (χ1v) is 9.30. The predicted octanol–water partition coefficient (Wildman–Crippen LogP) is 2.82. The molecule has 0 aliphatic heterocycles. The highest BCUT2D eigenvalue weighted by atomic mass is 16.5. The van der Waals surface area contributed by atoms with Gasteiger partial charge in [0.05, 0.1) is 14.2 Å². The molecule has 2 N–H and O–H groups in total. The number of amides is 2. The van der Waals surface area contributed by atoms with E-state index in [2.05, 4.69) is 10.6 Å². The molecule has 0 saturated carbocycles. The molecule has 2 aromatic rings. The van der Waals surface area contributed by atoms with Crippen molar-refractivity contribution in [1.29, 1.82) is 0 Å². The zero-order valence-electron chi connectivity index (χ0n) is 16.8. The second kappa shape index (κ2) is 10.3. The van der Waals surface area contributed by atoms with Crippen LogP contribution in [0.1, 0.15) is 29.8 Å². The number of carbonyl (C=O) groups is 2. The molecule has 0 spiro atoms. The van der Waals surface area contributed by atoms with Crippen LogP contribution in [0.5, 0.6) is 11.5 Å². The lowest BCUT2D eigenvalue weighted by molar-refractivity contribution is -0.123. The topological polar surface area (TPSA) is 76.7 Å². The third kappa shape index (κ3) is 6.01. The van der Waals surface area contributed by atoms with Gasteiger partial charge in [-0.05, 0) is 54.3 Å². The van der Waals surface area contributed by atoms with E-state index in [0.717, 1.165) is 11.3 Å². The Hall–Kier alpha value is -3.02. The Balaban J connectivity index is 1.90. The first kappa shape index (κ1) is 21.3. The van der Waals surface area contributed by atoms with Crippen LogP contribution in [0.25, 0.3) is 0 Å². The maximum atomic E-state index is 12.6. The van der Waals surface area contributed by atoms with Crippen LogP contribution in [0.2, 0.25) is 0 Å². The molecule has 6 nitrogen and oxygen atoms in total. The molecule has 0 radical (unpaired) electrons. The lowest BCUT2D eigenvalue weighted by atomic mass is 10.0. The number of hydrogen-bond acceptors (Lipinski definition) is 4. The van der Waals surface area contributed by atoms with Crippen LogP contribution in [0.4, 0.5) is 0 Å². The molecule has 150 valence electrons. The monoisotopic (exact) mass is 384 g/mol. The van der Waals surface area contributed by atoms with E-state index < -0.39 is 6.04 Å². The van der Waals surface area contributed by atoms with Crippen molar-refractivity contribution in [2.45, 2.75) is 26.3 Å². The number of rotatable bonds is 9. The van der Waals surface area contributed by atoms with Gasteiger partial charge in [-0.3, -0.25) is 9.59 Å². The van der Waals surface area contributed by atoms with Crippen molar-refractivity contribution in [2.75, 3.05) is 20.8 Å². The van der Waals surface area contributed by atoms with Gasteiger partial charge in [0.15, 0.2) is 0 Å². The van der Waals surface area contributed by atoms with Gasteiger partial charge in [-0.1, -0.05) is 26.0 Å². The van der Waals surface area contributed by atoms with Crippen molar-refractivity contribution in [2.24, 2.45) is 5.92 Å². The van der Waals surface area contributed by atoms with Crippen LogP contribution in [0.15, 0.2) is 48.5 Å². The normalized spacial score (nSPS) is 11.6. The standard InChI is InChI=1S/C22H28N2O4/c1-15(2)20(24-21(25)17-7-11-19(28-4)12-8-17)22(26)23-14-13-16-5-9-18(27-3)10-6-16/h5-12,15,20H,13-14H2,1-4H3,(H,23,26)(H,24,25). The van der Waals surface area contributed by atoms with Gasteiger partial charge in [-0.25, -0.2) is 0 Å². The minimum atomic E-state index is -0.606. The lowest BCUT2D eigenvalue weighted by Crippen LogP contribution is -2.50. The highest BCUT2D eigenvalue weighted by Crippen LogP contribution is 2.13. The Kier molecular flexibility index (Phi) is 7.87. The molecule has 2 amide bonds. The zero-order valence-corrected chi connectivity index (χ0v) is 16.8. The second-order valence-corrected chi connectivity index (χ2v) is 6.81. The molecule has 0 aliphatic rings. The first-order chi connectivity index (χ1) is 13.4. The van der Waals surface area contributed by atoms with Gasteiger partial charge in [0.25, 0.3) is 5.91 Å². The number of carbonyl (C=O) groups excluding carboxylic acids is 2. The molecule has 0 saturated heterocycles. The summed E-state index contributed by atoms with van der Waals surface area (Å²) in [6, 6.07) is 13.9.